The Labute approximate surface area is 119 Å². The molecule has 5 heteroatoms. The van der Waals surface area contributed by atoms with Crippen molar-refractivity contribution < 1.29 is 19.4 Å². The molecule has 112 valence electrons. The molecule has 20 heavy (non-hydrogen) atoms. The van der Waals surface area contributed by atoms with E-state index in [0.717, 1.165) is 0 Å². The fourth-order valence-corrected chi connectivity index (χ4v) is 1.69. The molecule has 0 heterocycles. The Morgan fingerprint density at radius 3 is 2.55 bits per heavy atom. The minimum atomic E-state index is -0.836. The highest BCUT2D eigenvalue weighted by Crippen LogP contribution is 2.21. The molecule has 0 saturated heterocycles. The molecular weight excluding hydrogens is 258 g/mol. The van der Waals surface area contributed by atoms with Crippen LogP contribution in [-0.4, -0.2) is 30.0 Å². The SMILES string of the molecule is COc1cccc(C(O)[C@H](C)NC(=O)OC(C)(C)C)c1. The lowest BCUT2D eigenvalue weighted by atomic mass is 10.0. The number of ether oxygens (including phenoxy) is 2. The Balaban J connectivity index is 2.66. The molecule has 2 atom stereocenters. The minimum absolute atomic E-state index is 0.475. The normalized spacial score (nSPS) is 14.3. The Bertz CT molecular complexity index is 453. The quantitative estimate of drug-likeness (QED) is 0.890. The molecule has 0 fully saturated rings. The summed E-state index contributed by atoms with van der Waals surface area (Å²) in [5.74, 6) is 0.658. The molecule has 0 aliphatic rings. The molecule has 0 saturated carbocycles. The zero-order chi connectivity index (χ0) is 15.3. The Kier molecular flexibility index (Phi) is 5.39. The first-order chi connectivity index (χ1) is 9.23. The maximum absolute atomic E-state index is 11.7. The van der Waals surface area contributed by atoms with Crippen LogP contribution in [0.1, 0.15) is 39.4 Å². The van der Waals surface area contributed by atoms with Crippen LogP contribution in [0, 0.1) is 0 Å². The van der Waals surface area contributed by atoms with Crippen LogP contribution >= 0.6 is 0 Å². The number of amides is 1. The van der Waals surface area contributed by atoms with Crippen LogP contribution < -0.4 is 10.1 Å². The molecule has 1 unspecified atom stereocenters. The molecule has 0 bridgehead atoms. The van der Waals surface area contributed by atoms with Crippen molar-refractivity contribution in [3.8, 4) is 5.75 Å². The van der Waals surface area contributed by atoms with E-state index in [1.165, 1.54) is 0 Å². The monoisotopic (exact) mass is 281 g/mol. The van der Waals surface area contributed by atoms with Gasteiger partial charge in [-0.25, -0.2) is 4.79 Å². The van der Waals surface area contributed by atoms with Gasteiger partial charge in [0.2, 0.25) is 0 Å². The maximum atomic E-state index is 11.7. The van der Waals surface area contributed by atoms with Gasteiger partial charge in [-0.1, -0.05) is 12.1 Å². The van der Waals surface area contributed by atoms with Crippen LogP contribution in [0.2, 0.25) is 0 Å². The number of alkyl carbamates (subject to hydrolysis) is 1. The van der Waals surface area contributed by atoms with Crippen LogP contribution in [-0.2, 0) is 4.74 Å². The zero-order valence-corrected chi connectivity index (χ0v) is 12.6. The first kappa shape index (κ1) is 16.3. The second kappa shape index (κ2) is 6.61. The second-order valence-electron chi connectivity index (χ2n) is 5.66. The summed E-state index contributed by atoms with van der Waals surface area (Å²) in [6, 6.07) is 6.62. The molecule has 0 spiro atoms. The molecule has 1 aromatic carbocycles. The summed E-state index contributed by atoms with van der Waals surface area (Å²) < 4.78 is 10.3. The third-order valence-corrected chi connectivity index (χ3v) is 2.65. The summed E-state index contributed by atoms with van der Waals surface area (Å²) in [5.41, 5.74) is 0.109. The van der Waals surface area contributed by atoms with Gasteiger partial charge in [-0.15, -0.1) is 0 Å². The first-order valence-corrected chi connectivity index (χ1v) is 6.54. The number of aliphatic hydroxyl groups excluding tert-OH is 1. The molecule has 0 aliphatic heterocycles. The summed E-state index contributed by atoms with van der Waals surface area (Å²) in [4.78, 5) is 11.7. The van der Waals surface area contributed by atoms with Crippen LogP contribution in [0.4, 0.5) is 4.79 Å². The molecule has 5 nitrogen and oxygen atoms in total. The summed E-state index contributed by atoms with van der Waals surface area (Å²) in [6.45, 7) is 7.08. The number of benzene rings is 1. The van der Waals surface area contributed by atoms with E-state index in [9.17, 15) is 9.90 Å². The standard InChI is InChI=1S/C15H23NO4/c1-10(16-14(18)20-15(2,3)4)13(17)11-7-6-8-12(9-11)19-5/h6-10,13,17H,1-5H3,(H,16,18)/t10-,13?/m0/s1. The number of methoxy groups -OCH3 is 1. The largest absolute Gasteiger partial charge is 0.497 e. The molecule has 0 radical (unpaired) electrons. The van der Waals surface area contributed by atoms with Gasteiger partial charge >= 0.3 is 6.09 Å². The van der Waals surface area contributed by atoms with Crippen molar-refractivity contribution in [2.75, 3.05) is 7.11 Å². The van der Waals surface area contributed by atoms with Crippen molar-refractivity contribution in [3.05, 3.63) is 29.8 Å². The maximum Gasteiger partial charge on any atom is 0.407 e. The van der Waals surface area contributed by atoms with Gasteiger partial charge in [0.1, 0.15) is 11.4 Å². The van der Waals surface area contributed by atoms with Gasteiger partial charge < -0.3 is 19.9 Å². The predicted molar refractivity (Wildman–Crippen MR) is 76.8 cm³/mol. The van der Waals surface area contributed by atoms with Gasteiger partial charge in [0.15, 0.2) is 0 Å². The third kappa shape index (κ3) is 5.09. The van der Waals surface area contributed by atoms with Gasteiger partial charge in [-0.2, -0.15) is 0 Å². The van der Waals surface area contributed by atoms with E-state index in [2.05, 4.69) is 5.32 Å². The van der Waals surface area contributed by atoms with Crippen LogP contribution in [0.5, 0.6) is 5.75 Å². The van der Waals surface area contributed by atoms with Crippen molar-refractivity contribution in [1.29, 1.82) is 0 Å². The first-order valence-electron chi connectivity index (χ1n) is 6.54. The van der Waals surface area contributed by atoms with Gasteiger partial charge in [0.05, 0.1) is 19.3 Å². The summed E-state index contributed by atoms with van der Waals surface area (Å²) >= 11 is 0. The van der Waals surface area contributed by atoms with Crippen molar-refractivity contribution in [2.24, 2.45) is 0 Å². The average Bonchev–Trinajstić information content (AvgIpc) is 2.35. The van der Waals surface area contributed by atoms with Gasteiger partial charge in [0.25, 0.3) is 0 Å². The van der Waals surface area contributed by atoms with E-state index in [1.807, 2.05) is 0 Å². The zero-order valence-electron chi connectivity index (χ0n) is 12.6. The summed E-state index contributed by atoms with van der Waals surface area (Å²) in [5, 5.41) is 12.9. The van der Waals surface area contributed by atoms with E-state index in [-0.39, 0.29) is 0 Å². The molecule has 0 aliphatic carbocycles. The summed E-state index contributed by atoms with van der Waals surface area (Å²) in [7, 11) is 1.56. The van der Waals surface area contributed by atoms with Crippen LogP contribution in [0.15, 0.2) is 24.3 Å². The van der Waals surface area contributed by atoms with Crippen LogP contribution in [0.3, 0.4) is 0 Å². The number of hydrogen-bond donors (Lipinski definition) is 2. The number of nitrogens with one attached hydrogen (secondary N) is 1. The van der Waals surface area contributed by atoms with Crippen molar-refractivity contribution in [1.82, 2.24) is 5.32 Å². The molecule has 1 amide bonds. The number of rotatable bonds is 4. The minimum Gasteiger partial charge on any atom is -0.497 e. The number of aliphatic hydroxyl groups is 1. The molecule has 1 aromatic rings. The second-order valence-corrected chi connectivity index (χ2v) is 5.66. The van der Waals surface area contributed by atoms with E-state index in [1.54, 1.807) is 59.1 Å². The number of hydrogen-bond acceptors (Lipinski definition) is 4. The van der Waals surface area contributed by atoms with E-state index >= 15 is 0 Å². The van der Waals surface area contributed by atoms with E-state index in [4.69, 9.17) is 9.47 Å². The molecule has 1 rings (SSSR count). The van der Waals surface area contributed by atoms with E-state index in [0.29, 0.717) is 11.3 Å². The van der Waals surface area contributed by atoms with Crippen LogP contribution in [0.25, 0.3) is 0 Å². The average molecular weight is 281 g/mol. The smallest absolute Gasteiger partial charge is 0.407 e. The number of carbonyl (C=O) groups excluding carboxylic acids is 1. The van der Waals surface area contributed by atoms with E-state index < -0.39 is 23.8 Å². The third-order valence-electron chi connectivity index (χ3n) is 2.65. The highest BCUT2D eigenvalue weighted by molar-refractivity contribution is 5.68. The van der Waals surface area contributed by atoms with Gasteiger partial charge in [-0.3, -0.25) is 0 Å². The molecular formula is C15H23NO4. The highest BCUT2D eigenvalue weighted by Gasteiger charge is 2.22. The lowest BCUT2D eigenvalue weighted by Crippen LogP contribution is -2.40. The molecule has 0 aromatic heterocycles. The lowest BCUT2D eigenvalue weighted by Gasteiger charge is -2.24. The Hall–Kier alpha value is -1.75. The molecule has 2 N–H and O–H groups in total. The fourth-order valence-electron chi connectivity index (χ4n) is 1.69. The summed E-state index contributed by atoms with van der Waals surface area (Å²) in [6.07, 6.45) is -1.38. The predicted octanol–water partition coefficient (Wildman–Crippen LogP) is 2.64. The lowest BCUT2D eigenvalue weighted by molar-refractivity contribution is 0.0435. The Morgan fingerprint density at radius 1 is 1.35 bits per heavy atom. The fraction of sp³-hybridized carbons (Fsp3) is 0.533. The number of carbonyl (C=O) groups is 1. The van der Waals surface area contributed by atoms with Gasteiger partial charge in [-0.05, 0) is 45.4 Å². The van der Waals surface area contributed by atoms with Crippen molar-refractivity contribution in [3.63, 3.8) is 0 Å². The van der Waals surface area contributed by atoms with Gasteiger partial charge in [0, 0.05) is 0 Å². The Morgan fingerprint density at radius 2 is 2.00 bits per heavy atom. The topological polar surface area (TPSA) is 67.8 Å². The van der Waals surface area contributed by atoms with Crippen molar-refractivity contribution in [2.45, 2.75) is 45.4 Å². The highest BCUT2D eigenvalue weighted by atomic mass is 16.6. The van der Waals surface area contributed by atoms with Crippen molar-refractivity contribution >= 4 is 6.09 Å².